The van der Waals surface area contributed by atoms with Gasteiger partial charge in [0.1, 0.15) is 12.4 Å². The highest BCUT2D eigenvalue weighted by molar-refractivity contribution is 9.10. The molecule has 8 heteroatoms. The number of nitrogens with one attached hydrogen (secondary N) is 1. The van der Waals surface area contributed by atoms with Crippen molar-refractivity contribution >= 4 is 44.9 Å². The van der Waals surface area contributed by atoms with Gasteiger partial charge in [-0.15, -0.1) is 0 Å². The molecule has 0 radical (unpaired) electrons. The molecule has 0 spiro atoms. The van der Waals surface area contributed by atoms with Gasteiger partial charge in [-0.05, 0) is 69.2 Å². The number of thioether (sulfide) groups is 1. The fraction of sp³-hybridized carbons (Fsp3) is 0.111. The van der Waals surface area contributed by atoms with Gasteiger partial charge in [0.25, 0.3) is 11.1 Å². The van der Waals surface area contributed by atoms with Crippen LogP contribution in [0.1, 0.15) is 11.1 Å². The van der Waals surface area contributed by atoms with Crippen LogP contribution < -0.4 is 14.8 Å². The van der Waals surface area contributed by atoms with Gasteiger partial charge >= 0.3 is 0 Å². The van der Waals surface area contributed by atoms with Crippen LogP contribution in [0.5, 0.6) is 11.5 Å². The summed E-state index contributed by atoms with van der Waals surface area (Å²) in [6.07, 6.45) is 1.59. The lowest BCUT2D eigenvalue weighted by atomic mass is 10.2. The minimum Gasteiger partial charge on any atom is -0.493 e. The van der Waals surface area contributed by atoms with Crippen molar-refractivity contribution in [2.75, 3.05) is 7.11 Å². The number of amides is 2. The second-order valence-electron chi connectivity index (χ2n) is 5.30. The quantitative estimate of drug-likeness (QED) is 0.697. The summed E-state index contributed by atoms with van der Waals surface area (Å²) in [5.41, 5.74) is 1.35. The molecule has 1 N–H and O–H groups in total. The van der Waals surface area contributed by atoms with E-state index in [1.807, 2.05) is 0 Å². The summed E-state index contributed by atoms with van der Waals surface area (Å²) in [5.74, 6) is 0.137. The second-order valence-corrected chi connectivity index (χ2v) is 7.17. The van der Waals surface area contributed by atoms with Gasteiger partial charge in [0.2, 0.25) is 0 Å². The Morgan fingerprint density at radius 3 is 2.73 bits per heavy atom. The van der Waals surface area contributed by atoms with Crippen LogP contribution >= 0.6 is 27.7 Å². The number of methoxy groups -OCH3 is 1. The summed E-state index contributed by atoms with van der Waals surface area (Å²) >= 11 is 4.26. The smallest absolute Gasteiger partial charge is 0.290 e. The number of benzene rings is 2. The van der Waals surface area contributed by atoms with Gasteiger partial charge in [-0.25, -0.2) is 4.39 Å². The Morgan fingerprint density at radius 2 is 2.08 bits per heavy atom. The maximum absolute atomic E-state index is 13.3. The molecule has 26 heavy (non-hydrogen) atoms. The molecule has 1 heterocycles. The summed E-state index contributed by atoms with van der Waals surface area (Å²) in [5, 5.41) is 1.80. The van der Waals surface area contributed by atoms with Gasteiger partial charge in [0, 0.05) is 0 Å². The van der Waals surface area contributed by atoms with Crippen molar-refractivity contribution in [3.8, 4) is 11.5 Å². The van der Waals surface area contributed by atoms with E-state index in [1.54, 1.807) is 30.3 Å². The van der Waals surface area contributed by atoms with Crippen LogP contribution in [-0.4, -0.2) is 18.3 Å². The van der Waals surface area contributed by atoms with Crippen molar-refractivity contribution in [3.05, 3.63) is 62.7 Å². The molecule has 0 saturated carbocycles. The zero-order valence-corrected chi connectivity index (χ0v) is 15.9. The van der Waals surface area contributed by atoms with Gasteiger partial charge < -0.3 is 9.47 Å². The zero-order chi connectivity index (χ0) is 18.7. The van der Waals surface area contributed by atoms with E-state index in [1.165, 1.54) is 19.2 Å². The molecule has 0 bridgehead atoms. The minimum absolute atomic E-state index is 0.167. The van der Waals surface area contributed by atoms with Crippen molar-refractivity contribution in [2.45, 2.75) is 6.61 Å². The normalized spacial score (nSPS) is 15.3. The van der Waals surface area contributed by atoms with E-state index < -0.39 is 11.1 Å². The lowest BCUT2D eigenvalue weighted by Crippen LogP contribution is -2.17. The van der Waals surface area contributed by atoms with Crippen LogP contribution in [0.4, 0.5) is 9.18 Å². The van der Waals surface area contributed by atoms with Gasteiger partial charge in [-0.2, -0.15) is 0 Å². The molecular formula is C18H13BrFNO4S. The lowest BCUT2D eigenvalue weighted by Gasteiger charge is -2.14. The molecule has 0 unspecified atom stereocenters. The predicted molar refractivity (Wildman–Crippen MR) is 101 cm³/mol. The standard InChI is InChI=1S/C18H13BrFNO4S/c1-24-14-7-11(8-15-17(22)21-18(23)26-15)6-13(19)16(14)25-9-10-3-2-4-12(20)5-10/h2-8H,9H2,1H3,(H,21,22,23)/b15-8-. The molecule has 0 atom stereocenters. The van der Waals surface area contributed by atoms with Crippen LogP contribution in [0.2, 0.25) is 0 Å². The number of carbonyl (C=O) groups is 2. The molecule has 2 aromatic rings. The number of halogens is 2. The van der Waals surface area contributed by atoms with Gasteiger partial charge in [-0.1, -0.05) is 12.1 Å². The fourth-order valence-corrected chi connectivity index (χ4v) is 3.57. The van der Waals surface area contributed by atoms with E-state index >= 15 is 0 Å². The highest BCUT2D eigenvalue weighted by atomic mass is 79.9. The first-order valence-corrected chi connectivity index (χ1v) is 9.07. The van der Waals surface area contributed by atoms with Crippen molar-refractivity contribution in [1.29, 1.82) is 0 Å². The Hall–Kier alpha value is -2.32. The summed E-state index contributed by atoms with van der Waals surface area (Å²) in [6, 6.07) is 9.56. The molecule has 2 amide bonds. The van der Waals surface area contributed by atoms with E-state index in [9.17, 15) is 14.0 Å². The van der Waals surface area contributed by atoms with E-state index in [0.29, 0.717) is 32.0 Å². The van der Waals surface area contributed by atoms with Crippen LogP contribution in [0.15, 0.2) is 45.8 Å². The van der Waals surface area contributed by atoms with Gasteiger partial charge in [0.15, 0.2) is 11.5 Å². The predicted octanol–water partition coefficient (Wildman–Crippen LogP) is 4.50. The van der Waals surface area contributed by atoms with E-state index in [2.05, 4.69) is 21.2 Å². The zero-order valence-electron chi connectivity index (χ0n) is 13.5. The van der Waals surface area contributed by atoms with E-state index in [4.69, 9.17) is 9.47 Å². The summed E-state index contributed by atoms with van der Waals surface area (Å²) in [6.45, 7) is 0.167. The van der Waals surface area contributed by atoms with E-state index in [-0.39, 0.29) is 12.4 Å². The second kappa shape index (κ2) is 7.92. The third-order valence-corrected chi connectivity index (χ3v) is 4.86. The molecule has 134 valence electrons. The first-order valence-electron chi connectivity index (χ1n) is 7.46. The number of hydrogen-bond donors (Lipinski definition) is 1. The molecule has 1 fully saturated rings. The number of hydrogen-bond acceptors (Lipinski definition) is 5. The molecular weight excluding hydrogens is 425 g/mol. The maximum Gasteiger partial charge on any atom is 0.290 e. The van der Waals surface area contributed by atoms with Crippen molar-refractivity contribution in [3.63, 3.8) is 0 Å². The maximum atomic E-state index is 13.3. The number of carbonyl (C=O) groups excluding carboxylic acids is 2. The minimum atomic E-state index is -0.429. The number of ether oxygens (including phenoxy) is 2. The number of rotatable bonds is 5. The molecule has 1 saturated heterocycles. The Morgan fingerprint density at radius 1 is 1.27 bits per heavy atom. The molecule has 1 aliphatic heterocycles. The van der Waals surface area contributed by atoms with Gasteiger partial charge in [-0.3, -0.25) is 14.9 Å². The molecule has 2 aromatic carbocycles. The van der Waals surface area contributed by atoms with Crippen LogP contribution in [0.25, 0.3) is 6.08 Å². The van der Waals surface area contributed by atoms with Crippen LogP contribution in [0, 0.1) is 5.82 Å². The van der Waals surface area contributed by atoms with Crippen molar-refractivity contribution < 1.29 is 23.5 Å². The topological polar surface area (TPSA) is 64.6 Å². The Balaban J connectivity index is 1.84. The highest BCUT2D eigenvalue weighted by Crippen LogP contribution is 2.38. The molecule has 3 rings (SSSR count). The Labute approximate surface area is 161 Å². The van der Waals surface area contributed by atoms with E-state index in [0.717, 1.165) is 11.8 Å². The molecule has 1 aliphatic rings. The Kier molecular flexibility index (Phi) is 5.63. The molecule has 5 nitrogen and oxygen atoms in total. The summed E-state index contributed by atoms with van der Waals surface area (Å²) < 4.78 is 25.0. The average Bonchev–Trinajstić information content (AvgIpc) is 2.90. The summed E-state index contributed by atoms with van der Waals surface area (Å²) in [4.78, 5) is 23.2. The van der Waals surface area contributed by atoms with Crippen molar-refractivity contribution in [2.24, 2.45) is 0 Å². The lowest BCUT2D eigenvalue weighted by molar-refractivity contribution is -0.115. The Bertz CT molecular complexity index is 916. The third kappa shape index (κ3) is 4.25. The monoisotopic (exact) mass is 437 g/mol. The van der Waals surface area contributed by atoms with Crippen molar-refractivity contribution in [1.82, 2.24) is 5.32 Å². The van der Waals surface area contributed by atoms with Crippen LogP contribution in [-0.2, 0) is 11.4 Å². The number of imide groups is 1. The summed E-state index contributed by atoms with van der Waals surface area (Å²) in [7, 11) is 1.49. The first-order chi connectivity index (χ1) is 12.5. The highest BCUT2D eigenvalue weighted by Gasteiger charge is 2.25. The third-order valence-electron chi connectivity index (χ3n) is 3.46. The van der Waals surface area contributed by atoms with Crippen LogP contribution in [0.3, 0.4) is 0 Å². The molecule has 0 aliphatic carbocycles. The first kappa shape index (κ1) is 18.5. The molecule has 0 aromatic heterocycles. The SMILES string of the molecule is COc1cc(/C=C2\SC(=O)NC2=O)cc(Br)c1OCc1cccc(F)c1. The average molecular weight is 438 g/mol. The van der Waals surface area contributed by atoms with Gasteiger partial charge in [0.05, 0.1) is 16.5 Å². The fourth-order valence-electron chi connectivity index (χ4n) is 2.32. The largest absolute Gasteiger partial charge is 0.493 e.